The smallest absolute Gasteiger partial charge is 0.193 e. The average molecular weight is 648 g/mol. The van der Waals surface area contributed by atoms with Crippen molar-refractivity contribution >= 4 is 17.3 Å². The molecule has 0 unspecified atom stereocenters. The van der Waals surface area contributed by atoms with Crippen molar-refractivity contribution in [3.05, 3.63) is 82.5 Å². The summed E-state index contributed by atoms with van der Waals surface area (Å²) < 4.78 is 52.2. The predicted molar refractivity (Wildman–Crippen MR) is 167 cm³/mol. The molecule has 6 aliphatic rings. The molecule has 2 heterocycles. The van der Waals surface area contributed by atoms with Crippen LogP contribution >= 0.6 is 0 Å². The van der Waals surface area contributed by atoms with Crippen LogP contribution in [0.3, 0.4) is 0 Å². The van der Waals surface area contributed by atoms with Crippen LogP contribution < -0.4 is 10.5 Å². The maximum Gasteiger partial charge on any atom is 0.193 e. The van der Waals surface area contributed by atoms with Gasteiger partial charge in [-0.3, -0.25) is 9.59 Å². The lowest BCUT2D eigenvalue weighted by Crippen LogP contribution is -2.70. The summed E-state index contributed by atoms with van der Waals surface area (Å²) in [6.07, 6.45) is 0.0426. The number of benzene rings is 2. The molecule has 8 rings (SSSR count). The number of carbonyl (C=O) groups is 2. The van der Waals surface area contributed by atoms with Gasteiger partial charge in [0, 0.05) is 34.3 Å². The van der Waals surface area contributed by atoms with Gasteiger partial charge in [0.1, 0.15) is 18.5 Å². The third-order valence-electron chi connectivity index (χ3n) is 12.6. The lowest BCUT2D eigenvalue weighted by molar-refractivity contribution is -0.235. The summed E-state index contributed by atoms with van der Waals surface area (Å²) in [6.45, 7) is 3.10. The molecule has 2 aromatic carbocycles. The van der Waals surface area contributed by atoms with Crippen LogP contribution in [-0.4, -0.2) is 64.6 Å². The van der Waals surface area contributed by atoms with Gasteiger partial charge in [-0.25, -0.2) is 8.78 Å². The molecule has 4 N–H and O–H groups in total. The fourth-order valence-corrected chi connectivity index (χ4v) is 10.3. The van der Waals surface area contributed by atoms with E-state index in [1.165, 1.54) is 19.1 Å². The molecular formula is C37H39F2NO7. The zero-order valence-electron chi connectivity index (χ0n) is 26.4. The number of rotatable bonds is 5. The molecule has 47 heavy (non-hydrogen) atoms. The molecule has 2 aliphatic heterocycles. The van der Waals surface area contributed by atoms with Crippen LogP contribution in [0.1, 0.15) is 61.7 Å². The molecule has 0 spiro atoms. The first-order chi connectivity index (χ1) is 22.4. The maximum absolute atomic E-state index is 17.6. The number of aliphatic hydroxyl groups is 2. The molecule has 3 saturated carbocycles. The second-order valence-corrected chi connectivity index (χ2v) is 14.6. The largest absolute Gasteiger partial charge is 0.491 e. The molecule has 10 atom stereocenters. The third kappa shape index (κ3) is 3.93. The number of ether oxygens (including phenoxy) is 3. The SMILES string of the molecule is C[C@]12C=CC(=O)C=C1[C@@H](F)C[C@H]1[C@@H]3C[C@H]4O[C@@H](c5ccc(Cc6ccc(N)c7c6CCO7)cc5)O[C@@]4(C(=O)CO)[C@@]3(C)C[C@H](O)[C@@]12F. The number of hydrogen-bond acceptors (Lipinski definition) is 8. The summed E-state index contributed by atoms with van der Waals surface area (Å²) in [5, 5.41) is 21.9. The Morgan fingerprint density at radius 2 is 1.87 bits per heavy atom. The van der Waals surface area contributed by atoms with E-state index in [2.05, 4.69) is 0 Å². The molecule has 8 nitrogen and oxygen atoms in total. The van der Waals surface area contributed by atoms with Crippen LogP contribution in [0.5, 0.6) is 5.75 Å². The quantitative estimate of drug-likeness (QED) is 0.407. The van der Waals surface area contributed by atoms with Crippen molar-refractivity contribution in [2.75, 3.05) is 18.9 Å². The summed E-state index contributed by atoms with van der Waals surface area (Å²) in [4.78, 5) is 25.9. The van der Waals surface area contributed by atoms with E-state index in [1.54, 1.807) is 6.92 Å². The minimum Gasteiger partial charge on any atom is -0.491 e. The highest BCUT2D eigenvalue weighted by Gasteiger charge is 2.80. The Labute approximate surface area is 271 Å². The summed E-state index contributed by atoms with van der Waals surface area (Å²) in [6, 6.07) is 11.6. The van der Waals surface area contributed by atoms with Crippen LogP contribution in [0.4, 0.5) is 14.5 Å². The second-order valence-electron chi connectivity index (χ2n) is 14.6. The van der Waals surface area contributed by atoms with E-state index in [0.717, 1.165) is 34.9 Å². The number of carbonyl (C=O) groups excluding carboxylic acids is 2. The van der Waals surface area contributed by atoms with Gasteiger partial charge in [0.25, 0.3) is 0 Å². The number of ketones is 2. The van der Waals surface area contributed by atoms with Gasteiger partial charge < -0.3 is 30.2 Å². The van der Waals surface area contributed by atoms with Crippen molar-refractivity contribution in [3.63, 3.8) is 0 Å². The van der Waals surface area contributed by atoms with Gasteiger partial charge in [0.05, 0.1) is 24.5 Å². The van der Waals surface area contributed by atoms with Crippen molar-refractivity contribution in [2.24, 2.45) is 22.7 Å². The van der Waals surface area contributed by atoms with E-state index in [0.29, 0.717) is 24.3 Å². The minimum atomic E-state index is -2.29. The first-order valence-corrected chi connectivity index (χ1v) is 16.4. The Morgan fingerprint density at radius 3 is 2.62 bits per heavy atom. The number of fused-ring (bicyclic) bond motifs is 8. The number of halogens is 2. The zero-order valence-corrected chi connectivity index (χ0v) is 26.4. The topological polar surface area (TPSA) is 128 Å². The Morgan fingerprint density at radius 1 is 1.11 bits per heavy atom. The van der Waals surface area contributed by atoms with Crippen LogP contribution in [0, 0.1) is 22.7 Å². The van der Waals surface area contributed by atoms with Gasteiger partial charge in [-0.2, -0.15) is 0 Å². The predicted octanol–water partition coefficient (Wildman–Crippen LogP) is 4.44. The summed E-state index contributed by atoms with van der Waals surface area (Å²) >= 11 is 0. The number of allylic oxidation sites excluding steroid dienone is 4. The molecule has 4 aliphatic carbocycles. The van der Waals surface area contributed by atoms with Gasteiger partial charge in [-0.1, -0.05) is 43.3 Å². The van der Waals surface area contributed by atoms with E-state index in [1.807, 2.05) is 36.4 Å². The van der Waals surface area contributed by atoms with Crippen molar-refractivity contribution in [1.29, 1.82) is 0 Å². The number of nitrogens with two attached hydrogens (primary N) is 1. The van der Waals surface area contributed by atoms with Crippen LogP contribution in [0.15, 0.2) is 60.2 Å². The molecule has 0 amide bonds. The molecule has 1 saturated heterocycles. The van der Waals surface area contributed by atoms with Crippen LogP contribution in [0.2, 0.25) is 0 Å². The molecule has 248 valence electrons. The monoisotopic (exact) mass is 647 g/mol. The Bertz CT molecular complexity index is 1740. The third-order valence-corrected chi connectivity index (χ3v) is 12.6. The van der Waals surface area contributed by atoms with Gasteiger partial charge in [-0.15, -0.1) is 0 Å². The Kier molecular flexibility index (Phi) is 6.75. The fraction of sp³-hybridized carbons (Fsp3) is 0.514. The lowest BCUT2D eigenvalue weighted by Gasteiger charge is -2.63. The van der Waals surface area contributed by atoms with E-state index in [9.17, 15) is 19.8 Å². The Hall–Kier alpha value is -3.44. The average Bonchev–Trinajstić information content (AvgIpc) is 3.75. The highest BCUT2D eigenvalue weighted by Crippen LogP contribution is 2.72. The first-order valence-electron chi connectivity index (χ1n) is 16.4. The number of Topliss-reactive ketones (excluding diaryl/α,β-unsaturated/α-hetero) is 1. The maximum atomic E-state index is 17.6. The number of nitrogen functional groups attached to an aromatic ring is 1. The standard InChI is InChI=1S/C37H39F2NO7/c1-34-11-9-22(42)14-26(34)27(38)15-25-24-16-31-37(30(44)18-41,35(24,2)17-29(43)36(25,34)39)47-33(46-31)20-5-3-19(4-6-20)13-21-7-8-28(40)32-23(21)10-12-45-32/h3-9,11,14,24-25,27,29,31,33,41,43H,10,12-13,15-18,40H2,1-2H3/t24-,25-,27-,29-,31+,33+,34-,35-,36-,37+/m0/s1. The van der Waals surface area contributed by atoms with Gasteiger partial charge >= 0.3 is 0 Å². The number of aliphatic hydroxyl groups excluding tert-OH is 2. The lowest BCUT2D eigenvalue weighted by atomic mass is 9.44. The highest BCUT2D eigenvalue weighted by molar-refractivity contribution is 6.01. The minimum absolute atomic E-state index is 0.0378. The van der Waals surface area contributed by atoms with Crippen LogP contribution in [0.25, 0.3) is 0 Å². The highest BCUT2D eigenvalue weighted by atomic mass is 19.1. The molecule has 0 bridgehead atoms. The van der Waals surface area contributed by atoms with Gasteiger partial charge in [0.2, 0.25) is 0 Å². The summed E-state index contributed by atoms with van der Waals surface area (Å²) in [5.74, 6) is -1.86. The molecule has 0 radical (unpaired) electrons. The van der Waals surface area contributed by atoms with E-state index in [-0.39, 0.29) is 24.8 Å². The fourth-order valence-electron chi connectivity index (χ4n) is 10.3. The molecule has 2 aromatic rings. The Balaban J connectivity index is 1.10. The molecular weight excluding hydrogens is 608 g/mol. The van der Waals surface area contributed by atoms with E-state index in [4.69, 9.17) is 19.9 Å². The summed E-state index contributed by atoms with van der Waals surface area (Å²) in [7, 11) is 0. The molecule has 4 fully saturated rings. The van der Waals surface area contributed by atoms with Crippen LogP contribution in [-0.2, 0) is 31.9 Å². The van der Waals surface area contributed by atoms with Gasteiger partial charge in [0.15, 0.2) is 29.1 Å². The molecule has 0 aromatic heterocycles. The van der Waals surface area contributed by atoms with E-state index < -0.39 is 76.8 Å². The van der Waals surface area contributed by atoms with Crippen molar-refractivity contribution in [2.45, 2.75) is 81.9 Å². The second kappa shape index (κ2) is 10.3. The van der Waals surface area contributed by atoms with Crippen molar-refractivity contribution < 1.29 is 42.8 Å². The number of alkyl halides is 2. The van der Waals surface area contributed by atoms with Crippen molar-refractivity contribution in [1.82, 2.24) is 0 Å². The first kappa shape index (κ1) is 30.9. The van der Waals surface area contributed by atoms with Crippen molar-refractivity contribution in [3.8, 4) is 5.75 Å². The number of anilines is 1. The van der Waals surface area contributed by atoms with Gasteiger partial charge in [-0.05, 0) is 73.4 Å². The molecule has 10 heteroatoms. The summed E-state index contributed by atoms with van der Waals surface area (Å²) in [5.41, 5.74) is 4.06. The zero-order chi connectivity index (χ0) is 33.1. The number of hydrogen-bond donors (Lipinski definition) is 3. The normalized spacial score (nSPS) is 41.3. The van der Waals surface area contributed by atoms with E-state index >= 15 is 8.78 Å².